The minimum absolute atomic E-state index is 0.119. The lowest BCUT2D eigenvalue weighted by Gasteiger charge is -2.05. The first-order valence-corrected chi connectivity index (χ1v) is 5.33. The van der Waals surface area contributed by atoms with E-state index in [-0.39, 0.29) is 18.3 Å². The Kier molecular flexibility index (Phi) is 3.23. The van der Waals surface area contributed by atoms with E-state index in [1.165, 1.54) is 6.07 Å². The van der Waals surface area contributed by atoms with Gasteiger partial charge >= 0.3 is 0 Å². The van der Waals surface area contributed by atoms with Crippen molar-refractivity contribution >= 4 is 16.8 Å². The molecule has 0 fully saturated rings. The Morgan fingerprint density at radius 3 is 3.06 bits per heavy atom. The molecule has 2 rings (SSSR count). The van der Waals surface area contributed by atoms with E-state index in [0.717, 1.165) is 5.52 Å². The molecule has 1 aromatic heterocycles. The third-order valence-corrected chi connectivity index (χ3v) is 2.52. The highest BCUT2D eigenvalue weighted by Crippen LogP contribution is 2.18. The maximum atomic E-state index is 13.4. The van der Waals surface area contributed by atoms with Crippen LogP contribution in [0.5, 0.6) is 0 Å². The van der Waals surface area contributed by atoms with E-state index < -0.39 is 0 Å². The zero-order valence-electron chi connectivity index (χ0n) is 9.32. The first-order chi connectivity index (χ1) is 8.22. The van der Waals surface area contributed by atoms with Gasteiger partial charge in [-0.15, -0.1) is 6.58 Å². The summed E-state index contributed by atoms with van der Waals surface area (Å²) < 4.78 is 15.1. The van der Waals surface area contributed by atoms with Crippen molar-refractivity contribution < 1.29 is 9.18 Å². The molecule has 1 aromatic carbocycles. The van der Waals surface area contributed by atoms with Crippen LogP contribution < -0.4 is 5.32 Å². The fourth-order valence-corrected chi connectivity index (χ4v) is 1.72. The second kappa shape index (κ2) is 4.82. The second-order valence-electron chi connectivity index (χ2n) is 3.71. The number of amides is 1. The number of hydrogen-bond donors (Lipinski definition) is 1. The lowest BCUT2D eigenvalue weighted by atomic mass is 10.2. The molecular weight excluding hydrogens is 219 g/mol. The average molecular weight is 232 g/mol. The van der Waals surface area contributed by atoms with Crippen LogP contribution in [-0.4, -0.2) is 17.0 Å². The van der Waals surface area contributed by atoms with Gasteiger partial charge < -0.3 is 9.88 Å². The van der Waals surface area contributed by atoms with E-state index in [0.29, 0.717) is 11.9 Å². The van der Waals surface area contributed by atoms with Gasteiger partial charge in [-0.2, -0.15) is 0 Å². The second-order valence-corrected chi connectivity index (χ2v) is 3.71. The predicted molar refractivity (Wildman–Crippen MR) is 65.1 cm³/mol. The van der Waals surface area contributed by atoms with Gasteiger partial charge in [0.2, 0.25) is 5.91 Å². The van der Waals surface area contributed by atoms with Gasteiger partial charge in [0.15, 0.2) is 0 Å². The van der Waals surface area contributed by atoms with E-state index in [2.05, 4.69) is 11.9 Å². The number of nitrogens with zero attached hydrogens (tertiary/aromatic N) is 1. The topological polar surface area (TPSA) is 34.0 Å². The molecular formula is C13H13FN2O. The molecule has 0 saturated heterocycles. The third kappa shape index (κ3) is 2.36. The van der Waals surface area contributed by atoms with Crippen molar-refractivity contribution in [1.82, 2.24) is 9.88 Å². The van der Waals surface area contributed by atoms with Crippen molar-refractivity contribution in [2.24, 2.45) is 0 Å². The van der Waals surface area contributed by atoms with Crippen molar-refractivity contribution in [1.29, 1.82) is 0 Å². The van der Waals surface area contributed by atoms with Crippen molar-refractivity contribution in [3.8, 4) is 0 Å². The maximum absolute atomic E-state index is 13.4. The monoisotopic (exact) mass is 232 g/mol. The van der Waals surface area contributed by atoms with Crippen molar-refractivity contribution in [2.45, 2.75) is 6.54 Å². The van der Waals surface area contributed by atoms with Gasteiger partial charge in [-0.25, -0.2) is 4.39 Å². The standard InChI is InChI=1S/C13H13FN2O/c1-2-7-15-13(17)9-16-8-6-10-11(14)4-3-5-12(10)16/h2-6,8H,1,7,9H2,(H,15,17). The van der Waals surface area contributed by atoms with E-state index in [9.17, 15) is 9.18 Å². The largest absolute Gasteiger partial charge is 0.351 e. The van der Waals surface area contributed by atoms with Crippen molar-refractivity contribution in [3.05, 3.63) is 48.9 Å². The van der Waals surface area contributed by atoms with Crippen molar-refractivity contribution in [3.63, 3.8) is 0 Å². The van der Waals surface area contributed by atoms with Gasteiger partial charge in [-0.1, -0.05) is 12.1 Å². The van der Waals surface area contributed by atoms with Gasteiger partial charge in [0, 0.05) is 18.1 Å². The lowest BCUT2D eigenvalue weighted by molar-refractivity contribution is -0.121. The number of fused-ring (bicyclic) bond motifs is 1. The zero-order valence-corrected chi connectivity index (χ0v) is 9.32. The van der Waals surface area contributed by atoms with Crippen LogP contribution in [0.1, 0.15) is 0 Å². The third-order valence-electron chi connectivity index (χ3n) is 2.52. The number of rotatable bonds is 4. The molecule has 0 saturated carbocycles. The summed E-state index contributed by atoms with van der Waals surface area (Å²) in [5, 5.41) is 3.21. The van der Waals surface area contributed by atoms with E-state index in [4.69, 9.17) is 0 Å². The first kappa shape index (κ1) is 11.4. The summed E-state index contributed by atoms with van der Waals surface area (Å²) in [4.78, 5) is 11.5. The molecule has 0 atom stereocenters. The highest BCUT2D eigenvalue weighted by Gasteiger charge is 2.07. The fourth-order valence-electron chi connectivity index (χ4n) is 1.72. The van der Waals surface area contributed by atoms with Gasteiger partial charge in [0.1, 0.15) is 12.4 Å². The maximum Gasteiger partial charge on any atom is 0.240 e. The Balaban J connectivity index is 2.22. The Hall–Kier alpha value is -2.10. The van der Waals surface area contributed by atoms with Crippen molar-refractivity contribution in [2.75, 3.05) is 6.54 Å². The summed E-state index contributed by atoms with van der Waals surface area (Å²) in [5.41, 5.74) is 0.721. The van der Waals surface area contributed by atoms with Crippen LogP contribution >= 0.6 is 0 Å². The van der Waals surface area contributed by atoms with E-state index in [1.54, 1.807) is 35.0 Å². The highest BCUT2D eigenvalue weighted by atomic mass is 19.1. The number of carbonyl (C=O) groups is 1. The summed E-state index contributed by atoms with van der Waals surface area (Å²) >= 11 is 0. The van der Waals surface area contributed by atoms with Crippen LogP contribution in [0.2, 0.25) is 0 Å². The van der Waals surface area contributed by atoms with Gasteiger partial charge in [0.05, 0.1) is 5.52 Å². The van der Waals surface area contributed by atoms with Crippen LogP contribution in [0.25, 0.3) is 10.9 Å². The Morgan fingerprint density at radius 1 is 1.47 bits per heavy atom. The number of nitrogens with one attached hydrogen (secondary N) is 1. The molecule has 1 heterocycles. The minimum atomic E-state index is -0.271. The van der Waals surface area contributed by atoms with Crippen LogP contribution in [0, 0.1) is 5.82 Å². The molecule has 0 aliphatic heterocycles. The quantitative estimate of drug-likeness (QED) is 0.805. The molecule has 4 heteroatoms. The fraction of sp³-hybridized carbons (Fsp3) is 0.154. The molecule has 88 valence electrons. The molecule has 2 aromatic rings. The molecule has 0 aliphatic carbocycles. The van der Waals surface area contributed by atoms with Gasteiger partial charge in [-0.05, 0) is 18.2 Å². The number of aromatic nitrogens is 1. The molecule has 0 bridgehead atoms. The summed E-state index contributed by atoms with van der Waals surface area (Å²) in [6.07, 6.45) is 3.33. The summed E-state index contributed by atoms with van der Waals surface area (Å²) in [6, 6.07) is 6.50. The molecule has 1 amide bonds. The Bertz CT molecular complexity index is 560. The van der Waals surface area contributed by atoms with Crippen LogP contribution in [-0.2, 0) is 11.3 Å². The Labute approximate surface area is 98.5 Å². The predicted octanol–water partition coefficient (Wildman–Crippen LogP) is 2.08. The smallest absolute Gasteiger partial charge is 0.240 e. The molecule has 0 radical (unpaired) electrons. The molecule has 0 aliphatic rings. The van der Waals surface area contributed by atoms with Crippen LogP contribution in [0.3, 0.4) is 0 Å². The first-order valence-electron chi connectivity index (χ1n) is 5.33. The zero-order chi connectivity index (χ0) is 12.3. The number of benzene rings is 1. The molecule has 0 unspecified atom stereocenters. The van der Waals surface area contributed by atoms with E-state index >= 15 is 0 Å². The molecule has 0 spiro atoms. The molecule has 17 heavy (non-hydrogen) atoms. The number of carbonyl (C=O) groups excluding carboxylic acids is 1. The summed E-state index contributed by atoms with van der Waals surface area (Å²) in [6.45, 7) is 4.14. The lowest BCUT2D eigenvalue weighted by Crippen LogP contribution is -2.27. The number of halogens is 1. The van der Waals surface area contributed by atoms with Crippen LogP contribution in [0.15, 0.2) is 43.1 Å². The number of hydrogen-bond acceptors (Lipinski definition) is 1. The highest BCUT2D eigenvalue weighted by molar-refractivity contribution is 5.83. The SMILES string of the molecule is C=CCNC(=O)Cn1ccc2c(F)cccc21. The summed E-state index contributed by atoms with van der Waals surface area (Å²) in [5.74, 6) is -0.389. The minimum Gasteiger partial charge on any atom is -0.351 e. The van der Waals surface area contributed by atoms with Crippen LogP contribution in [0.4, 0.5) is 4.39 Å². The molecule has 1 N–H and O–H groups in total. The normalized spacial score (nSPS) is 10.4. The van der Waals surface area contributed by atoms with Gasteiger partial charge in [0.25, 0.3) is 0 Å². The summed E-state index contributed by atoms with van der Waals surface area (Å²) in [7, 11) is 0. The van der Waals surface area contributed by atoms with E-state index in [1.807, 2.05) is 0 Å². The molecule has 3 nitrogen and oxygen atoms in total. The average Bonchev–Trinajstić information content (AvgIpc) is 2.71. The Morgan fingerprint density at radius 2 is 2.29 bits per heavy atom. The van der Waals surface area contributed by atoms with Gasteiger partial charge in [-0.3, -0.25) is 4.79 Å².